The van der Waals surface area contributed by atoms with E-state index in [0.717, 1.165) is 25.2 Å². The number of alkyl halides is 2. The highest BCUT2D eigenvalue weighted by Gasteiger charge is 2.22. The van der Waals surface area contributed by atoms with Crippen molar-refractivity contribution < 1.29 is 27.8 Å². The number of carbonyl (C=O) groups is 1. The van der Waals surface area contributed by atoms with Crippen LogP contribution in [0.2, 0.25) is 0 Å². The fourth-order valence-corrected chi connectivity index (χ4v) is 3.89. The predicted molar refractivity (Wildman–Crippen MR) is 122 cm³/mol. The summed E-state index contributed by atoms with van der Waals surface area (Å²) >= 11 is 0. The molecule has 0 spiro atoms. The molecular formula is C25H30F2N2O4. The molecule has 1 N–H and O–H groups in total. The Bertz CT molecular complexity index is 940. The van der Waals surface area contributed by atoms with Gasteiger partial charge in [-0.2, -0.15) is 8.78 Å². The van der Waals surface area contributed by atoms with E-state index >= 15 is 0 Å². The van der Waals surface area contributed by atoms with Gasteiger partial charge in [0.2, 0.25) is 5.91 Å². The van der Waals surface area contributed by atoms with Gasteiger partial charge in [0.1, 0.15) is 0 Å². The van der Waals surface area contributed by atoms with Crippen molar-refractivity contribution in [1.82, 2.24) is 10.2 Å². The van der Waals surface area contributed by atoms with Crippen LogP contribution in [0.25, 0.3) is 6.08 Å². The molecule has 2 unspecified atom stereocenters. The van der Waals surface area contributed by atoms with Crippen LogP contribution in [0.15, 0.2) is 48.5 Å². The Labute approximate surface area is 193 Å². The number of carbonyl (C=O) groups excluding carboxylic acids is 1. The molecule has 1 saturated heterocycles. The van der Waals surface area contributed by atoms with Gasteiger partial charge in [-0.1, -0.05) is 36.4 Å². The van der Waals surface area contributed by atoms with Crippen molar-refractivity contribution in [3.8, 4) is 11.5 Å². The number of halogens is 2. The molecule has 1 fully saturated rings. The number of methoxy groups -OCH3 is 1. The normalized spacial score (nSPS) is 19.1. The topological polar surface area (TPSA) is 60.0 Å². The van der Waals surface area contributed by atoms with E-state index in [9.17, 15) is 13.6 Å². The summed E-state index contributed by atoms with van der Waals surface area (Å²) in [5, 5.41) is 2.80. The average molecular weight is 461 g/mol. The third-order valence-electron chi connectivity index (χ3n) is 5.24. The standard InChI is InChI=1S/C25H30F2N2O4/c1-17-14-29(15-18(2)32-17)16-20-9-7-19(8-10-20)13-28-23(30)12-11-21-5-4-6-22(31-3)24(21)33-25(26)27/h4-12,17-18,25H,13-16H2,1-3H3,(H,28,30)/b12-11+. The highest BCUT2D eigenvalue weighted by molar-refractivity contribution is 5.92. The van der Waals surface area contributed by atoms with E-state index in [1.807, 2.05) is 12.1 Å². The molecule has 0 saturated carbocycles. The fourth-order valence-electron chi connectivity index (χ4n) is 3.89. The SMILES string of the molecule is COc1cccc(/C=C/C(=O)NCc2ccc(CN3CC(C)OC(C)C3)cc2)c1OC(F)F. The maximum Gasteiger partial charge on any atom is 0.387 e. The summed E-state index contributed by atoms with van der Waals surface area (Å²) < 4.78 is 40.9. The smallest absolute Gasteiger partial charge is 0.387 e. The molecule has 1 amide bonds. The van der Waals surface area contributed by atoms with Crippen molar-refractivity contribution in [2.45, 2.75) is 45.8 Å². The molecule has 0 aromatic heterocycles. The molecule has 6 nitrogen and oxygen atoms in total. The third kappa shape index (κ3) is 7.54. The molecule has 1 aliphatic heterocycles. The first-order valence-corrected chi connectivity index (χ1v) is 10.9. The second-order valence-corrected chi connectivity index (χ2v) is 8.08. The zero-order valence-electron chi connectivity index (χ0n) is 19.1. The summed E-state index contributed by atoms with van der Waals surface area (Å²) in [7, 11) is 1.36. The van der Waals surface area contributed by atoms with Crippen LogP contribution in [-0.2, 0) is 22.6 Å². The third-order valence-corrected chi connectivity index (χ3v) is 5.24. The predicted octanol–water partition coefficient (Wildman–Crippen LogP) is 4.24. The molecule has 2 aromatic carbocycles. The second kappa shape index (κ2) is 11.8. The number of para-hydroxylation sites is 1. The molecule has 0 aliphatic carbocycles. The minimum atomic E-state index is -3.00. The van der Waals surface area contributed by atoms with E-state index < -0.39 is 6.61 Å². The maximum absolute atomic E-state index is 12.7. The number of ether oxygens (including phenoxy) is 3. The number of rotatable bonds is 9. The lowest BCUT2D eigenvalue weighted by atomic mass is 10.1. The minimum absolute atomic E-state index is 0.112. The van der Waals surface area contributed by atoms with E-state index in [2.05, 4.69) is 40.9 Å². The highest BCUT2D eigenvalue weighted by atomic mass is 19.3. The van der Waals surface area contributed by atoms with E-state index in [-0.39, 0.29) is 29.6 Å². The lowest BCUT2D eigenvalue weighted by Crippen LogP contribution is -2.44. The lowest BCUT2D eigenvalue weighted by molar-refractivity contribution is -0.116. The first kappa shape index (κ1) is 24.7. The number of hydrogen-bond acceptors (Lipinski definition) is 5. The lowest BCUT2D eigenvalue weighted by Gasteiger charge is -2.35. The second-order valence-electron chi connectivity index (χ2n) is 8.08. The van der Waals surface area contributed by atoms with Gasteiger partial charge in [0, 0.05) is 37.8 Å². The number of amides is 1. The fraction of sp³-hybridized carbons (Fsp3) is 0.400. The van der Waals surface area contributed by atoms with Crippen LogP contribution in [0.1, 0.15) is 30.5 Å². The molecule has 1 heterocycles. The Morgan fingerprint density at radius 2 is 1.82 bits per heavy atom. The number of benzene rings is 2. The minimum Gasteiger partial charge on any atom is -0.493 e. The molecule has 33 heavy (non-hydrogen) atoms. The van der Waals surface area contributed by atoms with Crippen molar-refractivity contribution in [2.24, 2.45) is 0 Å². The summed E-state index contributed by atoms with van der Waals surface area (Å²) in [5.74, 6) is -0.293. The van der Waals surface area contributed by atoms with Crippen molar-refractivity contribution >= 4 is 12.0 Å². The molecule has 2 aromatic rings. The van der Waals surface area contributed by atoms with Gasteiger partial charge in [-0.05, 0) is 37.1 Å². The Morgan fingerprint density at radius 3 is 2.45 bits per heavy atom. The van der Waals surface area contributed by atoms with E-state index in [1.54, 1.807) is 12.1 Å². The largest absolute Gasteiger partial charge is 0.493 e. The van der Waals surface area contributed by atoms with Gasteiger partial charge in [-0.25, -0.2) is 0 Å². The van der Waals surface area contributed by atoms with Gasteiger partial charge < -0.3 is 19.5 Å². The van der Waals surface area contributed by atoms with Gasteiger partial charge in [0.05, 0.1) is 19.3 Å². The summed E-state index contributed by atoms with van der Waals surface area (Å²) in [6, 6.07) is 12.8. The van der Waals surface area contributed by atoms with Crippen molar-refractivity contribution in [1.29, 1.82) is 0 Å². The molecule has 1 aliphatic rings. The van der Waals surface area contributed by atoms with Crippen LogP contribution >= 0.6 is 0 Å². The van der Waals surface area contributed by atoms with Crippen LogP contribution in [0.3, 0.4) is 0 Å². The van der Waals surface area contributed by atoms with Gasteiger partial charge in [0.15, 0.2) is 11.5 Å². The van der Waals surface area contributed by atoms with Gasteiger partial charge in [-0.15, -0.1) is 0 Å². The summed E-state index contributed by atoms with van der Waals surface area (Å²) in [6.07, 6.45) is 3.16. The van der Waals surface area contributed by atoms with Crippen LogP contribution in [-0.4, -0.2) is 49.8 Å². The Hall–Kier alpha value is -2.97. The number of morpholine rings is 1. The van der Waals surface area contributed by atoms with Gasteiger partial charge in [-0.3, -0.25) is 9.69 Å². The molecule has 178 valence electrons. The number of hydrogen-bond donors (Lipinski definition) is 1. The van der Waals surface area contributed by atoms with Crippen LogP contribution in [0, 0.1) is 0 Å². The molecule has 0 radical (unpaired) electrons. The van der Waals surface area contributed by atoms with Crippen LogP contribution in [0.4, 0.5) is 8.78 Å². The van der Waals surface area contributed by atoms with Crippen molar-refractivity contribution in [3.63, 3.8) is 0 Å². The van der Waals surface area contributed by atoms with E-state index in [4.69, 9.17) is 9.47 Å². The monoisotopic (exact) mass is 460 g/mol. The average Bonchev–Trinajstić information content (AvgIpc) is 2.76. The Kier molecular flexibility index (Phi) is 8.79. The first-order chi connectivity index (χ1) is 15.8. The highest BCUT2D eigenvalue weighted by Crippen LogP contribution is 2.33. The van der Waals surface area contributed by atoms with Gasteiger partial charge >= 0.3 is 6.61 Å². The zero-order valence-corrected chi connectivity index (χ0v) is 19.1. The molecule has 3 rings (SSSR count). The van der Waals surface area contributed by atoms with Crippen LogP contribution < -0.4 is 14.8 Å². The quantitative estimate of drug-likeness (QED) is 0.568. The number of nitrogens with zero attached hydrogens (tertiary/aromatic N) is 1. The number of nitrogens with one attached hydrogen (secondary N) is 1. The van der Waals surface area contributed by atoms with E-state index in [1.165, 1.54) is 30.9 Å². The van der Waals surface area contributed by atoms with Gasteiger partial charge in [0.25, 0.3) is 0 Å². The Morgan fingerprint density at radius 1 is 1.15 bits per heavy atom. The summed E-state index contributed by atoms with van der Waals surface area (Å²) in [5.41, 5.74) is 2.49. The molecule has 8 heteroatoms. The molecule has 0 bridgehead atoms. The summed E-state index contributed by atoms with van der Waals surface area (Å²) in [6.45, 7) is 4.20. The summed E-state index contributed by atoms with van der Waals surface area (Å²) in [4.78, 5) is 14.6. The van der Waals surface area contributed by atoms with E-state index in [0.29, 0.717) is 12.1 Å². The Balaban J connectivity index is 1.53. The maximum atomic E-state index is 12.7. The van der Waals surface area contributed by atoms with Crippen molar-refractivity contribution in [3.05, 3.63) is 65.2 Å². The van der Waals surface area contributed by atoms with Crippen molar-refractivity contribution in [2.75, 3.05) is 20.2 Å². The molecular weight excluding hydrogens is 430 g/mol. The first-order valence-electron chi connectivity index (χ1n) is 10.9. The molecule has 2 atom stereocenters. The zero-order chi connectivity index (χ0) is 23.8. The van der Waals surface area contributed by atoms with Crippen LogP contribution in [0.5, 0.6) is 11.5 Å².